The number of carbonyl (C=O) groups is 1. The van der Waals surface area contributed by atoms with Crippen molar-refractivity contribution in [3.8, 4) is 5.75 Å². The molecule has 1 aliphatic rings. The number of para-hydroxylation sites is 1. The van der Waals surface area contributed by atoms with Crippen LogP contribution >= 0.6 is 11.6 Å². The number of aryl methyl sites for hydroxylation is 1. The fourth-order valence-corrected chi connectivity index (χ4v) is 3.91. The summed E-state index contributed by atoms with van der Waals surface area (Å²) in [6.45, 7) is 1.87. The number of sulfonamides is 1. The lowest BCUT2D eigenvalue weighted by atomic mass is 10.1. The first-order chi connectivity index (χ1) is 12.3. The Labute approximate surface area is 157 Å². The quantitative estimate of drug-likeness (QED) is 0.864. The first kappa shape index (κ1) is 18.5. The van der Waals surface area contributed by atoms with Crippen LogP contribution in [-0.4, -0.2) is 33.2 Å². The number of hydrogen-bond donors (Lipinski definition) is 1. The van der Waals surface area contributed by atoms with Crippen molar-refractivity contribution in [2.24, 2.45) is 0 Å². The number of amides is 1. The number of nitrogens with one attached hydrogen (secondary N) is 1. The number of nitrogens with zero attached hydrogens (tertiary/aromatic N) is 1. The van der Waals surface area contributed by atoms with Crippen LogP contribution in [0.15, 0.2) is 42.5 Å². The van der Waals surface area contributed by atoms with Crippen LogP contribution in [0.2, 0.25) is 5.02 Å². The van der Waals surface area contributed by atoms with E-state index in [1.807, 2.05) is 31.2 Å². The largest absolute Gasteiger partial charge is 0.476 e. The lowest BCUT2D eigenvalue weighted by Crippen LogP contribution is -2.48. The minimum Gasteiger partial charge on any atom is -0.476 e. The van der Waals surface area contributed by atoms with E-state index in [9.17, 15) is 13.2 Å². The molecule has 0 aliphatic carbocycles. The summed E-state index contributed by atoms with van der Waals surface area (Å²) in [7, 11) is -3.59. The molecule has 0 aromatic heterocycles. The molecule has 6 nitrogen and oxygen atoms in total. The second kappa shape index (κ2) is 7.17. The summed E-state index contributed by atoms with van der Waals surface area (Å²) in [5.41, 5.74) is 2.01. The van der Waals surface area contributed by atoms with E-state index in [1.165, 1.54) is 6.07 Å². The minimum absolute atomic E-state index is 0.119. The maximum atomic E-state index is 12.7. The molecule has 1 heterocycles. The number of ether oxygens (including phenoxy) is 1. The van der Waals surface area contributed by atoms with Gasteiger partial charge in [-0.2, -0.15) is 0 Å². The fourth-order valence-electron chi connectivity index (χ4n) is 2.84. The molecule has 0 spiro atoms. The molecule has 0 radical (unpaired) electrons. The maximum Gasteiger partial charge on any atom is 0.267 e. The second-order valence-electron chi connectivity index (χ2n) is 6.01. The van der Waals surface area contributed by atoms with Crippen molar-refractivity contribution < 1.29 is 17.9 Å². The van der Waals surface area contributed by atoms with Gasteiger partial charge >= 0.3 is 0 Å². The highest BCUT2D eigenvalue weighted by Crippen LogP contribution is 2.37. The van der Waals surface area contributed by atoms with Crippen molar-refractivity contribution in [2.75, 3.05) is 22.4 Å². The zero-order valence-corrected chi connectivity index (χ0v) is 16.0. The molecule has 2 aromatic rings. The van der Waals surface area contributed by atoms with E-state index in [0.29, 0.717) is 22.1 Å². The molecule has 138 valence electrons. The van der Waals surface area contributed by atoms with E-state index >= 15 is 0 Å². The van der Waals surface area contributed by atoms with Crippen LogP contribution < -0.4 is 14.4 Å². The zero-order valence-electron chi connectivity index (χ0n) is 14.4. The number of rotatable bonds is 4. The van der Waals surface area contributed by atoms with Crippen molar-refractivity contribution in [3.63, 3.8) is 0 Å². The molecule has 2 aromatic carbocycles. The summed E-state index contributed by atoms with van der Waals surface area (Å²) >= 11 is 5.98. The minimum atomic E-state index is -3.59. The Morgan fingerprint density at radius 2 is 2.04 bits per heavy atom. The number of hydrogen-bond acceptors (Lipinski definition) is 4. The summed E-state index contributed by atoms with van der Waals surface area (Å²) < 4.78 is 31.3. The van der Waals surface area contributed by atoms with Crippen molar-refractivity contribution in [3.05, 3.63) is 53.1 Å². The summed E-state index contributed by atoms with van der Waals surface area (Å²) in [6, 6.07) is 12.1. The maximum absolute atomic E-state index is 12.7. The topological polar surface area (TPSA) is 75.7 Å². The van der Waals surface area contributed by atoms with Gasteiger partial charge in [-0.05, 0) is 36.2 Å². The van der Waals surface area contributed by atoms with Crippen LogP contribution in [0.25, 0.3) is 0 Å². The molecule has 0 saturated heterocycles. The first-order valence-corrected chi connectivity index (χ1v) is 10.3. The lowest BCUT2D eigenvalue weighted by molar-refractivity contribution is -0.122. The van der Waals surface area contributed by atoms with E-state index in [2.05, 4.69) is 5.32 Å². The van der Waals surface area contributed by atoms with E-state index < -0.39 is 22.0 Å². The standard InChI is InChI=1S/C18H19ClN2O4S/c1-3-12-6-4-5-7-14(12)20-18(22)17-11-21(26(2,23)24)15-10-13(19)8-9-16(15)25-17/h4-10,17H,3,11H2,1-2H3,(H,20,22)/t17-/m1/s1. The van der Waals surface area contributed by atoms with Gasteiger partial charge in [-0.25, -0.2) is 8.42 Å². The SMILES string of the molecule is CCc1ccccc1NC(=O)[C@H]1CN(S(C)(=O)=O)c2cc(Cl)ccc2O1. The Morgan fingerprint density at radius 3 is 2.73 bits per heavy atom. The lowest BCUT2D eigenvalue weighted by Gasteiger charge is -2.34. The zero-order chi connectivity index (χ0) is 18.9. The monoisotopic (exact) mass is 394 g/mol. The van der Waals surface area contributed by atoms with Crippen LogP contribution in [0.4, 0.5) is 11.4 Å². The highest BCUT2D eigenvalue weighted by Gasteiger charge is 2.35. The summed E-state index contributed by atoms with van der Waals surface area (Å²) in [4.78, 5) is 12.7. The Morgan fingerprint density at radius 1 is 1.31 bits per heavy atom. The predicted octanol–water partition coefficient (Wildman–Crippen LogP) is 3.07. The number of benzene rings is 2. The average molecular weight is 395 g/mol. The molecule has 1 aliphatic heterocycles. The third kappa shape index (κ3) is 3.78. The van der Waals surface area contributed by atoms with Crippen molar-refractivity contribution in [1.82, 2.24) is 0 Å². The third-order valence-corrected chi connectivity index (χ3v) is 5.52. The third-order valence-electron chi connectivity index (χ3n) is 4.14. The van der Waals surface area contributed by atoms with E-state index in [1.54, 1.807) is 12.1 Å². The van der Waals surface area contributed by atoms with Gasteiger partial charge in [0.25, 0.3) is 5.91 Å². The smallest absolute Gasteiger partial charge is 0.267 e. The molecule has 1 atom stereocenters. The van der Waals surface area contributed by atoms with Crippen molar-refractivity contribution in [2.45, 2.75) is 19.4 Å². The van der Waals surface area contributed by atoms with Gasteiger partial charge in [0, 0.05) is 10.7 Å². The van der Waals surface area contributed by atoms with Gasteiger partial charge in [0.2, 0.25) is 10.0 Å². The predicted molar refractivity (Wildman–Crippen MR) is 103 cm³/mol. The van der Waals surface area contributed by atoms with Gasteiger partial charge in [0.15, 0.2) is 6.10 Å². The molecule has 0 saturated carbocycles. The Kier molecular flexibility index (Phi) is 5.11. The number of anilines is 2. The molecule has 1 amide bonds. The van der Waals surface area contributed by atoms with Crippen LogP contribution in [0.1, 0.15) is 12.5 Å². The van der Waals surface area contributed by atoms with Crippen LogP contribution in [0.3, 0.4) is 0 Å². The molecular weight excluding hydrogens is 376 g/mol. The van der Waals surface area contributed by atoms with Gasteiger partial charge in [-0.1, -0.05) is 36.7 Å². The second-order valence-corrected chi connectivity index (χ2v) is 8.36. The number of carbonyl (C=O) groups excluding carboxylic acids is 1. The summed E-state index contributed by atoms with van der Waals surface area (Å²) in [6.07, 6.45) is 0.881. The number of fused-ring (bicyclic) bond motifs is 1. The Hall–Kier alpha value is -2.25. The molecule has 0 bridgehead atoms. The molecule has 0 unspecified atom stereocenters. The summed E-state index contributed by atoms with van der Waals surface area (Å²) in [5, 5.41) is 3.22. The van der Waals surface area contributed by atoms with Crippen LogP contribution in [0, 0.1) is 0 Å². The first-order valence-electron chi connectivity index (χ1n) is 8.12. The highest BCUT2D eigenvalue weighted by atomic mass is 35.5. The van der Waals surface area contributed by atoms with E-state index in [0.717, 1.165) is 22.5 Å². The summed E-state index contributed by atoms with van der Waals surface area (Å²) in [5.74, 6) is -0.102. The Bertz CT molecular complexity index is 946. The molecular formula is C18H19ClN2O4S. The van der Waals surface area contributed by atoms with Gasteiger partial charge in [-0.15, -0.1) is 0 Å². The van der Waals surface area contributed by atoms with Gasteiger partial charge in [0.05, 0.1) is 18.5 Å². The van der Waals surface area contributed by atoms with Gasteiger partial charge < -0.3 is 10.1 Å². The van der Waals surface area contributed by atoms with Crippen molar-refractivity contribution >= 4 is 38.9 Å². The fraction of sp³-hybridized carbons (Fsp3) is 0.278. The Balaban J connectivity index is 1.90. The normalized spacial score (nSPS) is 16.6. The number of halogens is 1. The molecule has 0 fully saturated rings. The van der Waals surface area contributed by atoms with Gasteiger partial charge in [0.1, 0.15) is 5.75 Å². The molecule has 8 heteroatoms. The van der Waals surface area contributed by atoms with Crippen molar-refractivity contribution in [1.29, 1.82) is 0 Å². The molecule has 26 heavy (non-hydrogen) atoms. The molecule has 1 N–H and O–H groups in total. The highest BCUT2D eigenvalue weighted by molar-refractivity contribution is 7.92. The average Bonchev–Trinajstić information content (AvgIpc) is 2.60. The van der Waals surface area contributed by atoms with Gasteiger partial charge in [-0.3, -0.25) is 9.10 Å². The molecule has 3 rings (SSSR count). The van der Waals surface area contributed by atoms with E-state index in [-0.39, 0.29) is 6.54 Å². The van der Waals surface area contributed by atoms with Crippen LogP contribution in [0.5, 0.6) is 5.75 Å². The van der Waals surface area contributed by atoms with E-state index in [4.69, 9.17) is 16.3 Å². The van der Waals surface area contributed by atoms with Crippen LogP contribution in [-0.2, 0) is 21.2 Å².